The van der Waals surface area contributed by atoms with Crippen LogP contribution in [0.15, 0.2) is 0 Å². The molecule has 0 bridgehead atoms. The van der Waals surface area contributed by atoms with Gasteiger partial charge >= 0.3 is 0 Å². The van der Waals surface area contributed by atoms with Crippen LogP contribution in [-0.2, 0) is 0 Å². The molecule has 3 saturated heterocycles. The molecule has 2 saturated carbocycles. The van der Waals surface area contributed by atoms with Gasteiger partial charge in [-0.25, -0.2) is 0 Å². The number of hydrogen-bond donors (Lipinski definition) is 4. The summed E-state index contributed by atoms with van der Waals surface area (Å²) < 4.78 is 0. The molecule has 0 aromatic rings. The van der Waals surface area contributed by atoms with Gasteiger partial charge in [-0.1, -0.05) is 13.3 Å². The lowest BCUT2D eigenvalue weighted by molar-refractivity contribution is -0.0389. The Morgan fingerprint density at radius 1 is 1.00 bits per heavy atom. The number of piperidine rings is 2. The van der Waals surface area contributed by atoms with Crippen molar-refractivity contribution in [1.82, 2.24) is 21.3 Å². The summed E-state index contributed by atoms with van der Waals surface area (Å²) in [5.74, 6) is 4.85. The fourth-order valence-corrected chi connectivity index (χ4v) is 8.62. The topological polar surface area (TPSA) is 48.1 Å². The third kappa shape index (κ3) is 3.16. The molecule has 9 atom stereocenters. The molecule has 2 aliphatic carbocycles. The molecule has 3 aliphatic heterocycles. The summed E-state index contributed by atoms with van der Waals surface area (Å²) >= 11 is 2.17. The molecule has 5 fully saturated rings. The Morgan fingerprint density at radius 2 is 1.96 bits per heavy atom. The molecule has 5 aliphatic rings. The van der Waals surface area contributed by atoms with Gasteiger partial charge in [0.25, 0.3) is 0 Å². The van der Waals surface area contributed by atoms with E-state index in [1.807, 2.05) is 0 Å². The van der Waals surface area contributed by atoms with E-state index in [1.54, 1.807) is 0 Å². The summed E-state index contributed by atoms with van der Waals surface area (Å²) in [6.45, 7) is 5.92. The van der Waals surface area contributed by atoms with E-state index >= 15 is 0 Å². The van der Waals surface area contributed by atoms with Crippen LogP contribution in [0.25, 0.3) is 0 Å². The highest BCUT2D eigenvalue weighted by atomic mass is 32.2. The second-order valence-corrected chi connectivity index (χ2v) is 10.7. The number of rotatable bonds is 5. The maximum Gasteiger partial charge on any atom is 0.0424 e. The summed E-state index contributed by atoms with van der Waals surface area (Å²) in [6, 6.07) is 3.00. The van der Waals surface area contributed by atoms with Crippen molar-refractivity contribution in [2.75, 3.05) is 25.5 Å². The van der Waals surface area contributed by atoms with Crippen molar-refractivity contribution in [3.05, 3.63) is 0 Å². The predicted molar refractivity (Wildman–Crippen MR) is 110 cm³/mol. The minimum Gasteiger partial charge on any atom is -0.317 e. The SMILES string of the molecule is CCCNCCC1CCCC2C3CCNC4C5NCSC5CC(NC12)C34. The van der Waals surface area contributed by atoms with E-state index in [-0.39, 0.29) is 0 Å². The highest BCUT2D eigenvalue weighted by molar-refractivity contribution is 8.00. The van der Waals surface area contributed by atoms with Gasteiger partial charge in [0.2, 0.25) is 0 Å². The van der Waals surface area contributed by atoms with Gasteiger partial charge in [-0.3, -0.25) is 0 Å². The Kier molecular flexibility index (Phi) is 5.54. The molecule has 9 unspecified atom stereocenters. The largest absolute Gasteiger partial charge is 0.317 e. The Balaban J connectivity index is 1.33. The van der Waals surface area contributed by atoms with E-state index in [1.165, 1.54) is 64.6 Å². The van der Waals surface area contributed by atoms with E-state index in [0.29, 0.717) is 6.04 Å². The van der Waals surface area contributed by atoms with E-state index < -0.39 is 0 Å². The summed E-state index contributed by atoms with van der Waals surface area (Å²) in [6.07, 6.45) is 9.85. The molecule has 26 heavy (non-hydrogen) atoms. The summed E-state index contributed by atoms with van der Waals surface area (Å²) in [5.41, 5.74) is 0. The van der Waals surface area contributed by atoms with Crippen molar-refractivity contribution in [2.45, 2.75) is 81.3 Å². The Hall–Kier alpha value is 0.190. The smallest absolute Gasteiger partial charge is 0.0424 e. The minimum absolute atomic E-state index is 0.715. The first-order chi connectivity index (χ1) is 12.9. The molecular weight excluding hydrogens is 340 g/mol. The zero-order valence-corrected chi connectivity index (χ0v) is 17.2. The number of fused-ring (bicyclic) bond motifs is 4. The number of hydrogen-bond acceptors (Lipinski definition) is 5. The quantitative estimate of drug-likeness (QED) is 0.553. The summed E-state index contributed by atoms with van der Waals surface area (Å²) in [4.78, 5) is 0. The van der Waals surface area contributed by atoms with Gasteiger partial charge in [0.1, 0.15) is 0 Å². The molecule has 3 heterocycles. The van der Waals surface area contributed by atoms with Gasteiger partial charge in [0.15, 0.2) is 0 Å². The van der Waals surface area contributed by atoms with Crippen LogP contribution in [0.5, 0.6) is 0 Å². The summed E-state index contributed by atoms with van der Waals surface area (Å²) in [7, 11) is 0. The third-order valence-corrected chi connectivity index (χ3v) is 9.53. The van der Waals surface area contributed by atoms with E-state index in [4.69, 9.17) is 0 Å². The number of nitrogens with one attached hydrogen (secondary N) is 4. The molecule has 0 aromatic heterocycles. The second kappa shape index (κ2) is 7.90. The van der Waals surface area contributed by atoms with Crippen LogP contribution in [0, 0.1) is 23.7 Å². The molecular formula is C21H38N4S. The predicted octanol–water partition coefficient (Wildman–Crippen LogP) is 2.16. The zero-order chi connectivity index (χ0) is 17.5. The second-order valence-electron chi connectivity index (χ2n) is 9.52. The Morgan fingerprint density at radius 3 is 2.88 bits per heavy atom. The van der Waals surface area contributed by atoms with E-state index in [2.05, 4.69) is 40.0 Å². The molecule has 0 spiro atoms. The fraction of sp³-hybridized carbons (Fsp3) is 1.00. The van der Waals surface area contributed by atoms with Crippen LogP contribution in [0.3, 0.4) is 0 Å². The fourth-order valence-electron chi connectivity index (χ4n) is 7.30. The average molecular weight is 379 g/mol. The lowest BCUT2D eigenvalue weighted by atomic mass is 9.56. The third-order valence-electron chi connectivity index (χ3n) is 8.28. The minimum atomic E-state index is 0.715. The van der Waals surface area contributed by atoms with Crippen LogP contribution in [-0.4, -0.2) is 54.9 Å². The average Bonchev–Trinajstić information content (AvgIpc) is 3.14. The van der Waals surface area contributed by atoms with Gasteiger partial charge in [-0.15, -0.1) is 11.8 Å². The molecule has 0 amide bonds. The first-order valence-corrected chi connectivity index (χ1v) is 12.5. The first-order valence-electron chi connectivity index (χ1n) is 11.4. The molecule has 4 N–H and O–H groups in total. The molecule has 4 nitrogen and oxygen atoms in total. The first kappa shape index (κ1) is 18.2. The van der Waals surface area contributed by atoms with Crippen LogP contribution in [0.4, 0.5) is 0 Å². The van der Waals surface area contributed by atoms with Gasteiger partial charge in [-0.05, 0) is 81.8 Å². The van der Waals surface area contributed by atoms with Crippen LogP contribution in [0.2, 0.25) is 0 Å². The van der Waals surface area contributed by atoms with Gasteiger partial charge in [0, 0.05) is 35.3 Å². The van der Waals surface area contributed by atoms with Gasteiger partial charge < -0.3 is 21.3 Å². The van der Waals surface area contributed by atoms with Crippen molar-refractivity contribution in [1.29, 1.82) is 0 Å². The lowest BCUT2D eigenvalue weighted by Crippen LogP contribution is -2.73. The van der Waals surface area contributed by atoms with Gasteiger partial charge in [0.05, 0.1) is 0 Å². The molecule has 0 aromatic carbocycles. The Bertz CT molecular complexity index is 489. The van der Waals surface area contributed by atoms with Crippen molar-refractivity contribution >= 4 is 11.8 Å². The van der Waals surface area contributed by atoms with E-state index in [0.717, 1.165) is 52.9 Å². The van der Waals surface area contributed by atoms with Crippen molar-refractivity contribution in [2.24, 2.45) is 23.7 Å². The van der Waals surface area contributed by atoms with Crippen LogP contribution in [0.1, 0.15) is 51.9 Å². The molecule has 5 rings (SSSR count). The molecule has 0 radical (unpaired) electrons. The lowest BCUT2D eigenvalue weighted by Gasteiger charge is -2.60. The molecule has 148 valence electrons. The van der Waals surface area contributed by atoms with Crippen molar-refractivity contribution in [3.8, 4) is 0 Å². The Labute approximate surface area is 163 Å². The van der Waals surface area contributed by atoms with Crippen molar-refractivity contribution < 1.29 is 0 Å². The van der Waals surface area contributed by atoms with Crippen LogP contribution >= 0.6 is 11.8 Å². The maximum atomic E-state index is 4.28. The highest BCUT2D eigenvalue weighted by Crippen LogP contribution is 2.51. The summed E-state index contributed by atoms with van der Waals surface area (Å²) in [5, 5.41) is 16.5. The standard InChI is InChI=1S/C21H38N4S/c1-2-8-22-9-6-13-4-3-5-15-14-7-10-23-21-18(14)16(25-19(13)15)11-17-20(21)24-12-26-17/h13-25H,2-12H2,1H3. The van der Waals surface area contributed by atoms with Gasteiger partial charge in [-0.2, -0.15) is 0 Å². The highest BCUT2D eigenvalue weighted by Gasteiger charge is 2.57. The number of thioether (sulfide) groups is 1. The zero-order valence-electron chi connectivity index (χ0n) is 16.4. The molecule has 5 heteroatoms. The maximum absolute atomic E-state index is 4.28. The van der Waals surface area contributed by atoms with Crippen LogP contribution < -0.4 is 21.3 Å². The monoisotopic (exact) mass is 378 g/mol. The normalized spacial score (nSPS) is 50.0. The van der Waals surface area contributed by atoms with Crippen molar-refractivity contribution in [3.63, 3.8) is 0 Å². The van der Waals surface area contributed by atoms with E-state index in [9.17, 15) is 0 Å².